The molecule has 0 bridgehead atoms. The van der Waals surface area contributed by atoms with Gasteiger partial charge in [0.05, 0.1) is 0 Å². The van der Waals surface area contributed by atoms with Crippen LogP contribution >= 0.6 is 0 Å². The fourth-order valence-electron chi connectivity index (χ4n) is 2.75. The van der Waals surface area contributed by atoms with Crippen LogP contribution in [-0.4, -0.2) is 66.0 Å². The van der Waals surface area contributed by atoms with Gasteiger partial charge >= 0.3 is 6.03 Å². The van der Waals surface area contributed by atoms with Gasteiger partial charge in [-0.3, -0.25) is 4.90 Å². The van der Waals surface area contributed by atoms with Crippen LogP contribution in [0.1, 0.15) is 26.7 Å². The first kappa shape index (κ1) is 11.7. The molecular formula is C12H23N3O. The van der Waals surface area contributed by atoms with Crippen molar-refractivity contribution in [1.29, 1.82) is 0 Å². The van der Waals surface area contributed by atoms with Crippen molar-refractivity contribution in [2.45, 2.75) is 32.7 Å². The summed E-state index contributed by atoms with van der Waals surface area (Å²) in [5.74, 6) is 0. The summed E-state index contributed by atoms with van der Waals surface area (Å²) in [7, 11) is 0. The molecule has 0 spiro atoms. The smallest absolute Gasteiger partial charge is 0.320 e. The van der Waals surface area contributed by atoms with Crippen LogP contribution in [0, 0.1) is 0 Å². The Hall–Kier alpha value is -0.770. The lowest BCUT2D eigenvalue weighted by molar-refractivity contribution is 0.0880. The lowest BCUT2D eigenvalue weighted by Gasteiger charge is -2.40. The van der Waals surface area contributed by atoms with Crippen molar-refractivity contribution >= 4 is 6.03 Å². The Morgan fingerprint density at radius 3 is 2.38 bits per heavy atom. The quantitative estimate of drug-likeness (QED) is 0.671. The molecule has 2 rings (SSSR count). The number of rotatable bonds is 1. The van der Waals surface area contributed by atoms with Crippen molar-refractivity contribution in [3.05, 3.63) is 0 Å². The predicted octanol–water partition coefficient (Wildman–Crippen LogP) is 1.23. The van der Waals surface area contributed by atoms with Gasteiger partial charge in [0.1, 0.15) is 0 Å². The van der Waals surface area contributed by atoms with Gasteiger partial charge in [0.15, 0.2) is 0 Å². The van der Waals surface area contributed by atoms with Crippen LogP contribution in [0.3, 0.4) is 0 Å². The summed E-state index contributed by atoms with van der Waals surface area (Å²) >= 11 is 0. The van der Waals surface area contributed by atoms with E-state index >= 15 is 0 Å². The third-order valence-corrected chi connectivity index (χ3v) is 3.82. The zero-order valence-electron chi connectivity index (χ0n) is 10.5. The molecule has 0 aromatic heterocycles. The lowest BCUT2D eigenvalue weighted by Crippen LogP contribution is -2.55. The zero-order chi connectivity index (χ0) is 11.5. The number of likely N-dealkylation sites (tertiary alicyclic amines) is 1. The second-order valence-corrected chi connectivity index (χ2v) is 4.90. The molecule has 0 aromatic carbocycles. The van der Waals surface area contributed by atoms with Crippen LogP contribution in [-0.2, 0) is 0 Å². The highest BCUT2D eigenvalue weighted by Crippen LogP contribution is 2.14. The van der Waals surface area contributed by atoms with Crippen molar-refractivity contribution in [2.24, 2.45) is 0 Å². The number of amides is 2. The van der Waals surface area contributed by atoms with Gasteiger partial charge in [0, 0.05) is 38.8 Å². The number of likely N-dealkylation sites (N-methyl/N-ethyl adjacent to an activating group) is 1. The maximum Gasteiger partial charge on any atom is 0.320 e. The Kier molecular flexibility index (Phi) is 3.69. The Labute approximate surface area is 98.2 Å². The van der Waals surface area contributed by atoms with Gasteiger partial charge in [-0.25, -0.2) is 4.79 Å². The molecule has 0 N–H and O–H groups in total. The molecule has 16 heavy (non-hydrogen) atoms. The topological polar surface area (TPSA) is 26.8 Å². The van der Waals surface area contributed by atoms with Crippen molar-refractivity contribution in [1.82, 2.24) is 14.7 Å². The normalized spacial score (nSPS) is 27.5. The Balaban J connectivity index is 1.88. The predicted molar refractivity (Wildman–Crippen MR) is 64.5 cm³/mol. The number of hydrogen-bond donors (Lipinski definition) is 0. The van der Waals surface area contributed by atoms with Crippen LogP contribution < -0.4 is 0 Å². The average Bonchev–Trinajstić information content (AvgIpc) is 2.81. The largest absolute Gasteiger partial charge is 0.325 e. The summed E-state index contributed by atoms with van der Waals surface area (Å²) < 4.78 is 0. The molecule has 2 aliphatic rings. The van der Waals surface area contributed by atoms with Crippen LogP contribution in [0.2, 0.25) is 0 Å². The first-order valence-electron chi connectivity index (χ1n) is 6.50. The minimum absolute atomic E-state index is 0.264. The van der Waals surface area contributed by atoms with Crippen LogP contribution in [0.25, 0.3) is 0 Å². The van der Waals surface area contributed by atoms with Gasteiger partial charge in [-0.2, -0.15) is 0 Å². The molecule has 2 aliphatic heterocycles. The van der Waals surface area contributed by atoms with Crippen molar-refractivity contribution in [3.63, 3.8) is 0 Å². The molecule has 4 heteroatoms. The second-order valence-electron chi connectivity index (χ2n) is 4.90. The highest BCUT2D eigenvalue weighted by atomic mass is 16.2. The SMILES string of the molecule is CCN1CCN(C(=O)N2CCCC2)CC1C. The molecule has 0 aromatic rings. The van der Waals surface area contributed by atoms with Gasteiger partial charge < -0.3 is 9.80 Å². The standard InChI is InChI=1S/C12H23N3O/c1-3-13-8-9-15(10-11(13)2)12(16)14-6-4-5-7-14/h11H,3-10H2,1-2H3. The van der Waals surface area contributed by atoms with E-state index in [2.05, 4.69) is 18.7 Å². The number of urea groups is 1. The molecule has 92 valence electrons. The molecule has 1 atom stereocenters. The van der Waals surface area contributed by atoms with Crippen molar-refractivity contribution in [2.75, 3.05) is 39.3 Å². The summed E-state index contributed by atoms with van der Waals surface area (Å²) in [5.41, 5.74) is 0. The summed E-state index contributed by atoms with van der Waals surface area (Å²) in [6, 6.07) is 0.769. The third-order valence-electron chi connectivity index (χ3n) is 3.82. The maximum atomic E-state index is 12.2. The molecule has 2 saturated heterocycles. The van der Waals surface area contributed by atoms with E-state index in [4.69, 9.17) is 0 Å². The van der Waals surface area contributed by atoms with Crippen molar-refractivity contribution < 1.29 is 4.79 Å². The molecule has 1 unspecified atom stereocenters. The van der Waals surface area contributed by atoms with Gasteiger partial charge in [0.25, 0.3) is 0 Å². The zero-order valence-corrected chi connectivity index (χ0v) is 10.5. The van der Waals surface area contributed by atoms with Gasteiger partial charge in [-0.05, 0) is 26.3 Å². The molecule has 4 nitrogen and oxygen atoms in total. The first-order valence-corrected chi connectivity index (χ1v) is 6.50. The van der Waals surface area contributed by atoms with Crippen LogP contribution in [0.4, 0.5) is 4.79 Å². The monoisotopic (exact) mass is 225 g/mol. The van der Waals surface area contributed by atoms with Crippen LogP contribution in [0.5, 0.6) is 0 Å². The molecule has 2 fully saturated rings. The molecule has 0 radical (unpaired) electrons. The lowest BCUT2D eigenvalue weighted by atomic mass is 10.2. The van der Waals surface area contributed by atoms with Gasteiger partial charge in [0.2, 0.25) is 0 Å². The van der Waals surface area contributed by atoms with E-state index in [0.717, 1.165) is 39.3 Å². The van der Waals surface area contributed by atoms with Gasteiger partial charge in [-0.15, -0.1) is 0 Å². The minimum atomic E-state index is 0.264. The number of carbonyl (C=O) groups excluding carboxylic acids is 1. The summed E-state index contributed by atoms with van der Waals surface area (Å²) in [4.78, 5) is 18.7. The number of hydrogen-bond acceptors (Lipinski definition) is 2. The third kappa shape index (κ3) is 2.32. The Morgan fingerprint density at radius 2 is 1.81 bits per heavy atom. The fraction of sp³-hybridized carbons (Fsp3) is 0.917. The number of carbonyl (C=O) groups is 1. The Bertz CT molecular complexity index is 251. The second kappa shape index (κ2) is 5.04. The molecule has 2 heterocycles. The number of nitrogens with zero attached hydrogens (tertiary/aromatic N) is 3. The first-order chi connectivity index (χ1) is 7.72. The molecule has 0 aliphatic carbocycles. The van der Waals surface area contributed by atoms with E-state index in [-0.39, 0.29) is 6.03 Å². The van der Waals surface area contributed by atoms with E-state index < -0.39 is 0 Å². The molecule has 2 amide bonds. The molecular weight excluding hydrogens is 202 g/mol. The van der Waals surface area contributed by atoms with E-state index in [1.54, 1.807) is 0 Å². The van der Waals surface area contributed by atoms with Gasteiger partial charge in [-0.1, -0.05) is 6.92 Å². The van der Waals surface area contributed by atoms with Crippen molar-refractivity contribution in [3.8, 4) is 0 Å². The summed E-state index contributed by atoms with van der Waals surface area (Å²) in [5, 5.41) is 0. The van der Waals surface area contributed by atoms with Crippen LogP contribution in [0.15, 0.2) is 0 Å². The summed E-state index contributed by atoms with van der Waals surface area (Å²) in [6.45, 7) is 10.2. The molecule has 0 saturated carbocycles. The van der Waals surface area contributed by atoms with E-state index in [0.29, 0.717) is 6.04 Å². The number of piperazine rings is 1. The van der Waals surface area contributed by atoms with E-state index in [9.17, 15) is 4.79 Å². The highest BCUT2D eigenvalue weighted by Gasteiger charge is 2.29. The van der Waals surface area contributed by atoms with E-state index in [1.807, 2.05) is 9.80 Å². The minimum Gasteiger partial charge on any atom is -0.325 e. The Morgan fingerprint density at radius 1 is 1.12 bits per heavy atom. The maximum absolute atomic E-state index is 12.2. The fourth-order valence-corrected chi connectivity index (χ4v) is 2.75. The van der Waals surface area contributed by atoms with E-state index in [1.165, 1.54) is 12.8 Å². The average molecular weight is 225 g/mol. The highest BCUT2D eigenvalue weighted by molar-refractivity contribution is 5.74. The summed E-state index contributed by atoms with van der Waals surface area (Å²) in [6.07, 6.45) is 2.35.